The highest BCUT2D eigenvalue weighted by Gasteiger charge is 2.07. The summed E-state index contributed by atoms with van der Waals surface area (Å²) in [6.07, 6.45) is 3.87. The molecule has 25 heavy (non-hydrogen) atoms. The normalized spacial score (nSPS) is 11.5. The summed E-state index contributed by atoms with van der Waals surface area (Å²) in [5, 5.41) is 29.1. The Bertz CT molecular complexity index is 836. The molecule has 0 fully saturated rings. The molecule has 2 rings (SSSR count). The molecule has 0 saturated carbocycles. The third kappa shape index (κ3) is 4.54. The smallest absolute Gasteiger partial charge is 0.182 e. The molecule has 0 radical (unpaired) electrons. The van der Waals surface area contributed by atoms with Gasteiger partial charge in [0.05, 0.1) is 14.2 Å². The third-order valence-electron chi connectivity index (χ3n) is 3.40. The van der Waals surface area contributed by atoms with Crippen molar-refractivity contribution in [3.05, 3.63) is 59.7 Å². The van der Waals surface area contributed by atoms with Gasteiger partial charge in [-0.1, -0.05) is 12.1 Å². The number of hydrogen-bond donors (Lipinski definition) is 3. The lowest BCUT2D eigenvalue weighted by molar-refractivity contribution is -0.110. The fourth-order valence-electron chi connectivity index (χ4n) is 2.08. The van der Waals surface area contributed by atoms with Gasteiger partial charge in [0.15, 0.2) is 28.8 Å². The highest BCUT2D eigenvalue weighted by Crippen LogP contribution is 2.29. The maximum atomic E-state index is 12.0. The number of allylic oxidation sites excluding steroid dienone is 2. The SMILES string of the molecule is COc1cc(/C=C/C(=O)C=C(O)c2ccc(O)c(OC)c2)ccc1O. The lowest BCUT2D eigenvalue weighted by Crippen LogP contribution is -1.92. The molecule has 0 heterocycles. The molecule has 2 aromatic rings. The molecule has 0 unspecified atom stereocenters. The van der Waals surface area contributed by atoms with Gasteiger partial charge in [-0.05, 0) is 42.0 Å². The van der Waals surface area contributed by atoms with Gasteiger partial charge < -0.3 is 24.8 Å². The molecule has 0 aliphatic rings. The molecule has 0 aliphatic carbocycles. The van der Waals surface area contributed by atoms with Crippen LogP contribution >= 0.6 is 0 Å². The van der Waals surface area contributed by atoms with Crippen molar-refractivity contribution in [2.75, 3.05) is 14.2 Å². The minimum absolute atomic E-state index is 0.00444. The molecule has 0 saturated heterocycles. The van der Waals surface area contributed by atoms with Crippen LogP contribution in [-0.2, 0) is 4.79 Å². The summed E-state index contributed by atoms with van der Waals surface area (Å²) in [6, 6.07) is 8.90. The Morgan fingerprint density at radius 2 is 1.56 bits per heavy atom. The lowest BCUT2D eigenvalue weighted by Gasteiger charge is -2.05. The number of aliphatic hydroxyl groups is 1. The number of rotatable bonds is 6. The van der Waals surface area contributed by atoms with E-state index < -0.39 is 5.78 Å². The van der Waals surface area contributed by atoms with Crippen LogP contribution in [0.4, 0.5) is 0 Å². The van der Waals surface area contributed by atoms with Crippen molar-refractivity contribution in [2.24, 2.45) is 0 Å². The number of aliphatic hydroxyl groups excluding tert-OH is 1. The first-order valence-corrected chi connectivity index (χ1v) is 7.31. The van der Waals surface area contributed by atoms with Crippen molar-refractivity contribution in [1.29, 1.82) is 0 Å². The number of phenolic OH excluding ortho intramolecular Hbond substituents is 2. The summed E-state index contributed by atoms with van der Waals surface area (Å²) in [7, 11) is 2.82. The molecular weight excluding hydrogens is 324 g/mol. The molecule has 6 nitrogen and oxygen atoms in total. The second-order valence-electron chi connectivity index (χ2n) is 5.08. The Morgan fingerprint density at radius 3 is 2.20 bits per heavy atom. The van der Waals surface area contributed by atoms with E-state index in [4.69, 9.17) is 9.47 Å². The zero-order valence-electron chi connectivity index (χ0n) is 13.8. The number of hydrogen-bond acceptors (Lipinski definition) is 6. The Labute approximate surface area is 144 Å². The first-order chi connectivity index (χ1) is 11.9. The maximum absolute atomic E-state index is 12.0. The molecule has 0 aromatic heterocycles. The van der Waals surface area contributed by atoms with Gasteiger partial charge in [-0.2, -0.15) is 0 Å². The van der Waals surface area contributed by atoms with Crippen LogP contribution in [0.25, 0.3) is 11.8 Å². The number of phenols is 2. The van der Waals surface area contributed by atoms with Crippen molar-refractivity contribution < 1.29 is 29.6 Å². The fourth-order valence-corrected chi connectivity index (χ4v) is 2.08. The monoisotopic (exact) mass is 342 g/mol. The number of ether oxygens (including phenoxy) is 2. The van der Waals surface area contributed by atoms with Crippen molar-refractivity contribution in [3.63, 3.8) is 0 Å². The van der Waals surface area contributed by atoms with Crippen LogP contribution in [0.1, 0.15) is 11.1 Å². The van der Waals surface area contributed by atoms with Crippen molar-refractivity contribution >= 4 is 17.6 Å². The van der Waals surface area contributed by atoms with E-state index >= 15 is 0 Å². The number of ketones is 1. The summed E-state index contributed by atoms with van der Waals surface area (Å²) in [6.45, 7) is 0. The number of methoxy groups -OCH3 is 2. The Balaban J connectivity index is 2.16. The maximum Gasteiger partial charge on any atom is 0.182 e. The van der Waals surface area contributed by atoms with Crippen LogP contribution in [-0.4, -0.2) is 35.3 Å². The molecule has 2 aromatic carbocycles. The zero-order chi connectivity index (χ0) is 18.4. The number of aromatic hydroxyl groups is 2. The van der Waals surface area contributed by atoms with E-state index in [0.29, 0.717) is 16.9 Å². The molecule has 0 aliphatic heterocycles. The van der Waals surface area contributed by atoms with E-state index in [2.05, 4.69) is 0 Å². The van der Waals surface area contributed by atoms with Gasteiger partial charge in [-0.15, -0.1) is 0 Å². The average molecular weight is 342 g/mol. The van der Waals surface area contributed by atoms with Crippen molar-refractivity contribution in [1.82, 2.24) is 0 Å². The van der Waals surface area contributed by atoms with Crippen molar-refractivity contribution in [2.45, 2.75) is 0 Å². The molecule has 0 spiro atoms. The minimum atomic E-state index is -0.434. The molecular formula is C19H18O6. The number of benzene rings is 2. The first kappa shape index (κ1) is 17.9. The van der Waals surface area contributed by atoms with Crippen LogP contribution in [0.15, 0.2) is 48.6 Å². The van der Waals surface area contributed by atoms with E-state index in [1.165, 1.54) is 50.6 Å². The summed E-state index contributed by atoms with van der Waals surface area (Å²) < 4.78 is 9.95. The molecule has 0 atom stereocenters. The summed E-state index contributed by atoms with van der Waals surface area (Å²) in [5.74, 6) is -0.259. The number of carbonyl (C=O) groups is 1. The third-order valence-corrected chi connectivity index (χ3v) is 3.40. The molecule has 130 valence electrons. The van der Waals surface area contributed by atoms with E-state index in [1.807, 2.05) is 0 Å². The Kier molecular flexibility index (Phi) is 5.68. The molecule has 0 amide bonds. The Hall–Kier alpha value is -3.41. The van der Waals surface area contributed by atoms with Crippen LogP contribution in [0, 0.1) is 0 Å². The number of carbonyl (C=O) groups excluding carboxylic acids is 1. The molecule has 3 N–H and O–H groups in total. The van der Waals surface area contributed by atoms with E-state index in [0.717, 1.165) is 6.08 Å². The second-order valence-corrected chi connectivity index (χ2v) is 5.08. The van der Waals surface area contributed by atoms with E-state index in [1.54, 1.807) is 12.1 Å². The fraction of sp³-hybridized carbons (Fsp3) is 0.105. The summed E-state index contributed by atoms with van der Waals surface area (Å²) in [4.78, 5) is 12.0. The predicted octanol–water partition coefficient (Wildman–Crippen LogP) is 3.30. The first-order valence-electron chi connectivity index (χ1n) is 7.31. The van der Waals surface area contributed by atoms with Crippen LogP contribution in [0.5, 0.6) is 23.0 Å². The van der Waals surface area contributed by atoms with Gasteiger partial charge in [-0.3, -0.25) is 4.79 Å². The standard InChI is InChI=1S/C19H18O6/c1-24-18-9-12(4-7-15(18)21)3-6-14(20)11-17(23)13-5-8-16(22)19(10-13)25-2/h3-11,21-23H,1-2H3/b6-3+,17-11?. The quantitative estimate of drug-likeness (QED) is 0.551. The van der Waals surface area contributed by atoms with Crippen LogP contribution in [0.2, 0.25) is 0 Å². The summed E-state index contributed by atoms with van der Waals surface area (Å²) in [5.41, 5.74) is 0.991. The van der Waals surface area contributed by atoms with Crippen LogP contribution < -0.4 is 9.47 Å². The second kappa shape index (κ2) is 7.92. The predicted molar refractivity (Wildman–Crippen MR) is 94.0 cm³/mol. The Morgan fingerprint density at radius 1 is 0.960 bits per heavy atom. The van der Waals surface area contributed by atoms with Gasteiger partial charge in [0, 0.05) is 11.6 Å². The topological polar surface area (TPSA) is 96.2 Å². The van der Waals surface area contributed by atoms with Crippen LogP contribution in [0.3, 0.4) is 0 Å². The van der Waals surface area contributed by atoms with Crippen molar-refractivity contribution in [3.8, 4) is 23.0 Å². The van der Waals surface area contributed by atoms with Gasteiger partial charge >= 0.3 is 0 Å². The summed E-state index contributed by atoms with van der Waals surface area (Å²) >= 11 is 0. The highest BCUT2D eigenvalue weighted by molar-refractivity contribution is 6.05. The minimum Gasteiger partial charge on any atom is -0.507 e. The van der Waals surface area contributed by atoms with Gasteiger partial charge in [0.25, 0.3) is 0 Å². The average Bonchev–Trinajstić information content (AvgIpc) is 2.61. The molecule has 6 heteroatoms. The van der Waals surface area contributed by atoms with Gasteiger partial charge in [0.2, 0.25) is 0 Å². The van der Waals surface area contributed by atoms with Gasteiger partial charge in [-0.25, -0.2) is 0 Å². The van der Waals surface area contributed by atoms with Gasteiger partial charge in [0.1, 0.15) is 5.76 Å². The zero-order valence-corrected chi connectivity index (χ0v) is 13.8. The largest absolute Gasteiger partial charge is 0.507 e. The van der Waals surface area contributed by atoms with E-state index in [9.17, 15) is 20.1 Å². The lowest BCUT2D eigenvalue weighted by atomic mass is 10.1. The highest BCUT2D eigenvalue weighted by atomic mass is 16.5. The van der Waals surface area contributed by atoms with E-state index in [-0.39, 0.29) is 23.0 Å². The molecule has 0 bridgehead atoms.